The van der Waals surface area contributed by atoms with Crippen molar-refractivity contribution in [1.82, 2.24) is 47.9 Å². The fourth-order valence-corrected chi connectivity index (χ4v) is 2.69. The molecule has 0 saturated carbocycles. The topological polar surface area (TPSA) is 933 Å². The number of carbonyl (C=O) groups excluding carboxylic acids is 9. The van der Waals surface area contributed by atoms with Gasteiger partial charge in [0.15, 0.2) is 0 Å². The van der Waals surface area contributed by atoms with E-state index in [-0.39, 0.29) is 57.4 Å². The number of quaternary nitrogens is 5. The molecule has 9 amide bonds. The van der Waals surface area contributed by atoms with Crippen molar-refractivity contribution in [1.29, 1.82) is 0 Å². The highest BCUT2D eigenvalue weighted by Gasteiger charge is 2.06. The van der Waals surface area contributed by atoms with Gasteiger partial charge in [-0.1, -0.05) is 0 Å². The summed E-state index contributed by atoms with van der Waals surface area (Å²) < 4.78 is 17.9. The lowest BCUT2D eigenvalue weighted by Crippen LogP contribution is -2.56. The molecule has 48 nitrogen and oxygen atoms in total. The van der Waals surface area contributed by atoms with Gasteiger partial charge in [0.1, 0.15) is 38.6 Å². The van der Waals surface area contributed by atoms with E-state index in [1.165, 1.54) is 0 Å². The number of carbonyl (C=O) groups is 11. The molecule has 542 valence electrons. The molecular weight excluding hydrogens is 1220 g/mol. The lowest BCUT2D eigenvalue weighted by atomic mass is 10.3. The van der Waals surface area contributed by atoms with E-state index in [9.17, 15) is 58.5 Å². The summed E-state index contributed by atoms with van der Waals surface area (Å²) >= 11 is 0. The quantitative estimate of drug-likeness (QED) is 0.0242. The molecule has 0 aromatic rings. The van der Waals surface area contributed by atoms with E-state index in [1.54, 1.807) is 0 Å². The number of urea groups is 2. The first-order valence-electron chi connectivity index (χ1n) is 26.7. The molecule has 2 rings (SSSR count). The van der Waals surface area contributed by atoms with Crippen molar-refractivity contribution in [3.05, 3.63) is 0 Å². The van der Waals surface area contributed by atoms with Crippen LogP contribution in [0.15, 0.2) is 0 Å². The van der Waals surface area contributed by atoms with Crippen molar-refractivity contribution in [2.45, 2.75) is 12.8 Å². The molecule has 2 fully saturated rings. The van der Waals surface area contributed by atoms with E-state index < -0.39 is 48.8 Å². The molecule has 2 aliphatic heterocycles. The highest BCUT2D eigenvalue weighted by atomic mass is 16.7. The second kappa shape index (κ2) is 108. The molecule has 0 bridgehead atoms. The number of amides is 9. The molecule has 0 aliphatic carbocycles. The SMILES string of the molecule is NCCNC(=O)NCCN.NCCNC(=O)O.NCCNC(=O)OCCN.NCCOC(=O)OCCN.NCC[NH3+].NCC[NH3+].NCC[NH3+].NCC[NH3+].O=C(O)O.O=C([O-])CCCNC(=O)[O-].O=C([O-])[O-].O=C1NCCN1.O=C1NCCO1.[NH3+]CCNC(=O)[O-]. The summed E-state index contributed by atoms with van der Waals surface area (Å²) in [6.07, 6.45) is -9.19. The van der Waals surface area contributed by atoms with Gasteiger partial charge in [-0.3, -0.25) is 0 Å². The van der Waals surface area contributed by atoms with E-state index in [0.29, 0.717) is 124 Å². The van der Waals surface area contributed by atoms with Crippen LogP contribution in [0.2, 0.25) is 0 Å². The van der Waals surface area contributed by atoms with Crippen LogP contribution < -0.4 is 165 Å². The molecule has 48 heteroatoms. The van der Waals surface area contributed by atoms with Crippen LogP contribution in [0.5, 0.6) is 0 Å². The Morgan fingerprint density at radius 1 is 0.456 bits per heavy atom. The van der Waals surface area contributed by atoms with E-state index in [2.05, 4.69) is 84.8 Å². The van der Waals surface area contributed by atoms with E-state index >= 15 is 0 Å². The minimum atomic E-state index is -2.33. The lowest BCUT2D eigenvalue weighted by Gasteiger charge is -2.05. The first-order valence-corrected chi connectivity index (χ1v) is 26.7. The van der Waals surface area contributed by atoms with Crippen molar-refractivity contribution >= 4 is 67.0 Å². The Morgan fingerprint density at radius 2 is 0.789 bits per heavy atom. The third kappa shape index (κ3) is 208. The van der Waals surface area contributed by atoms with Crippen LogP contribution >= 0.6 is 0 Å². The standard InChI is InChI=1S/C5H14N4O.C5H13N3O2.C5H12N2O3.C5H9NO4.2C3H8N2O2.C3H6N2O.C3H5NO2.4C2H8N2.2CH2O3/c6-1-3-8-5(10)9-4-2-7;6-1-3-8-5(9)10-4-2-7;6-1-3-9-5(8)10-4-2-7;7-4(8)2-1-3-6-5(9)10;2*4-1-2-5-3(6)7;6-3-4-1-2-5-3;5-3-4-1-2-6-3;4*3-1-2-4;2*2-1(3)4/h1-4,6-7H2,(H2,8,9,10);1-4,6-7H2,(H,8,9);1-4,6-7H2;6H,1-3H2,(H,7,8)(H,9,10);2*5H,1-2,4H2,(H,6,7);1-2H2,(H2,4,5,6);1-2H2,(H,4,5);4*1-4H2;2*(H2,2,3,4). The highest BCUT2D eigenvalue weighted by Crippen LogP contribution is 1.84. The molecule has 0 unspecified atom stereocenters. The van der Waals surface area contributed by atoms with Gasteiger partial charge in [-0.15, -0.1) is 0 Å². The predicted octanol–water partition coefficient (Wildman–Crippen LogP) is -20.7. The fourth-order valence-electron chi connectivity index (χ4n) is 2.69. The first kappa shape index (κ1) is 109. The minimum Gasteiger partial charge on any atom is -0.652 e. The minimum absolute atomic E-state index is 0.0463. The van der Waals surface area contributed by atoms with Crippen molar-refractivity contribution < 1.29 is 141 Å². The summed E-state index contributed by atoms with van der Waals surface area (Å²) in [6.45, 7) is 15.0. The largest absolute Gasteiger partial charge is 0.652 e. The number of nitrogens with one attached hydrogen (secondary N) is 9. The second-order valence-electron chi connectivity index (χ2n) is 14.0. The molecule has 2 aliphatic rings. The summed E-state index contributed by atoms with van der Waals surface area (Å²) in [4.78, 5) is 107. The summed E-state index contributed by atoms with van der Waals surface area (Å²) in [5.74, 6) is -1.18. The maximum absolute atomic E-state index is 10.6. The Balaban J connectivity index is -0.0000000738. The normalized spacial score (nSPS) is 9.73. The van der Waals surface area contributed by atoms with Gasteiger partial charge in [0.05, 0.1) is 45.8 Å². The molecule has 0 atom stereocenters. The van der Waals surface area contributed by atoms with Gasteiger partial charge < -0.3 is 219 Å². The average molecular weight is 1330 g/mol. The van der Waals surface area contributed by atoms with E-state index in [4.69, 9.17) is 98.2 Å². The lowest BCUT2D eigenvalue weighted by molar-refractivity contribution is -0.415. The predicted molar refractivity (Wildman–Crippen MR) is 310 cm³/mol. The van der Waals surface area contributed by atoms with Crippen LogP contribution in [-0.2, 0) is 23.7 Å². The Hall–Kier alpha value is -8.47. The molecule has 0 radical (unpaired) electrons. The smallest absolute Gasteiger partial charge is 0.508 e. The maximum atomic E-state index is 10.6. The average Bonchev–Trinajstić information content (AvgIpc) is 4.28. The molecule has 0 aromatic heterocycles. The van der Waals surface area contributed by atoms with Crippen LogP contribution in [0.1, 0.15) is 12.8 Å². The van der Waals surface area contributed by atoms with Crippen molar-refractivity contribution in [3.8, 4) is 0 Å². The zero-order valence-electron chi connectivity index (χ0n) is 51.3. The Morgan fingerprint density at radius 3 is 1.00 bits per heavy atom. The van der Waals surface area contributed by atoms with Gasteiger partial charge in [-0.25, -0.2) is 33.6 Å². The molecule has 49 N–H and O–H groups in total. The van der Waals surface area contributed by atoms with E-state index in [0.717, 1.165) is 39.3 Å². The zero-order chi connectivity index (χ0) is 72.5. The molecule has 0 spiro atoms. The number of nitrogens with two attached hydrogens (primary N) is 11. The van der Waals surface area contributed by atoms with Crippen molar-refractivity contribution in [2.75, 3.05) is 190 Å². The van der Waals surface area contributed by atoms with Crippen LogP contribution in [0, 0.1) is 0 Å². The van der Waals surface area contributed by atoms with Crippen molar-refractivity contribution in [3.63, 3.8) is 0 Å². The summed E-state index contributed by atoms with van der Waals surface area (Å²) in [7, 11) is 0. The Kier molecular flexibility index (Phi) is 132. The number of cyclic esters (lactones) is 1. The number of alkyl carbamates (subject to hydrolysis) is 2. The maximum Gasteiger partial charge on any atom is 0.508 e. The second-order valence-corrected chi connectivity index (χ2v) is 14.0. The number of carboxylic acids is 1. The third-order valence-electron chi connectivity index (χ3n) is 6.11. The van der Waals surface area contributed by atoms with Gasteiger partial charge in [0, 0.05) is 124 Å². The van der Waals surface area contributed by atoms with Crippen molar-refractivity contribution in [2.24, 2.45) is 63.1 Å². The van der Waals surface area contributed by atoms with E-state index in [1.807, 2.05) is 10.6 Å². The monoisotopic (exact) mass is 1330 g/mol. The van der Waals surface area contributed by atoms with Crippen LogP contribution in [0.25, 0.3) is 0 Å². The summed E-state index contributed by atoms with van der Waals surface area (Å²) in [5, 5.41) is 88.5. The summed E-state index contributed by atoms with van der Waals surface area (Å²) in [6, 6.07) is -0.258. The van der Waals surface area contributed by atoms with Crippen LogP contribution in [-0.4, -0.2) is 272 Å². The molecular formula is C42H111N25O23. The number of rotatable bonds is 24. The molecule has 0 aromatic carbocycles. The number of hydrogen-bond donors (Lipinski definition) is 28. The van der Waals surface area contributed by atoms with Gasteiger partial charge in [-0.05, 0) is 19.0 Å². The van der Waals surface area contributed by atoms with Gasteiger partial charge in [-0.2, -0.15) is 0 Å². The Labute approximate surface area is 521 Å². The summed E-state index contributed by atoms with van der Waals surface area (Å²) in [5.41, 5.74) is 72.7. The van der Waals surface area contributed by atoms with Gasteiger partial charge in [0.25, 0.3) is 0 Å². The highest BCUT2D eigenvalue weighted by molar-refractivity contribution is 5.75. The molecule has 2 saturated heterocycles. The third-order valence-corrected chi connectivity index (χ3v) is 6.11. The molecule has 90 heavy (non-hydrogen) atoms. The fraction of sp³-hybridized carbons (Fsp3) is 0.738. The number of carboxylic acid groups (broad SMARTS) is 8. The van der Waals surface area contributed by atoms with Crippen LogP contribution in [0.3, 0.4) is 0 Å². The Bertz CT molecular complexity index is 1380. The number of aliphatic carboxylic acids is 1. The number of ether oxygens (including phenoxy) is 4. The molecule has 2 heterocycles. The first-order chi connectivity index (χ1) is 42.5. The van der Waals surface area contributed by atoms with Crippen LogP contribution in [0.4, 0.5) is 47.9 Å². The zero-order valence-corrected chi connectivity index (χ0v) is 51.3. The number of hydrogen-bond acceptors (Lipinski definition) is 31. The van der Waals surface area contributed by atoms with Gasteiger partial charge in [0.2, 0.25) is 0 Å². The van der Waals surface area contributed by atoms with Gasteiger partial charge >= 0.3 is 42.7 Å².